The summed E-state index contributed by atoms with van der Waals surface area (Å²) in [6.45, 7) is 4.76. The van der Waals surface area contributed by atoms with E-state index >= 15 is 0 Å². The highest BCUT2D eigenvalue weighted by Crippen LogP contribution is 2.26. The summed E-state index contributed by atoms with van der Waals surface area (Å²) >= 11 is 3.55. The van der Waals surface area contributed by atoms with Gasteiger partial charge >= 0.3 is 0 Å². The van der Waals surface area contributed by atoms with E-state index in [9.17, 15) is 0 Å². The maximum atomic E-state index is 8.81. The number of hydrogen-bond donors (Lipinski definition) is 0. The van der Waals surface area contributed by atoms with Gasteiger partial charge < -0.3 is 4.90 Å². The molecule has 1 aromatic rings. The minimum Gasteiger partial charge on any atom is -0.370 e. The second kappa shape index (κ2) is 6.40. The predicted octanol–water partition coefficient (Wildman–Crippen LogP) is 3.18. The molecule has 1 aliphatic rings. The maximum Gasteiger partial charge on any atom is 0.0866 e. The quantitative estimate of drug-likeness (QED) is 0.801. The van der Waals surface area contributed by atoms with E-state index in [2.05, 4.69) is 56.9 Å². The highest BCUT2D eigenvalue weighted by Gasteiger charge is 2.23. The smallest absolute Gasteiger partial charge is 0.0866 e. The Morgan fingerprint density at radius 1 is 1.53 bits per heavy atom. The molecular weight excluding hydrogens is 302 g/mol. The highest BCUT2D eigenvalue weighted by atomic mass is 79.9. The van der Waals surface area contributed by atoms with Crippen molar-refractivity contribution in [1.29, 1.82) is 5.26 Å². The molecule has 1 heterocycles. The molecule has 4 heteroatoms. The van der Waals surface area contributed by atoms with Crippen LogP contribution >= 0.6 is 15.9 Å². The van der Waals surface area contributed by atoms with E-state index in [1.807, 2.05) is 7.05 Å². The Balaban J connectivity index is 2.08. The van der Waals surface area contributed by atoms with E-state index < -0.39 is 0 Å². The zero-order valence-electron chi connectivity index (χ0n) is 11.6. The molecule has 1 aromatic carbocycles. The van der Waals surface area contributed by atoms with E-state index in [0.717, 1.165) is 17.6 Å². The molecule has 1 atom stereocenters. The van der Waals surface area contributed by atoms with Gasteiger partial charge in [0.15, 0.2) is 0 Å². The number of nitriles is 1. The van der Waals surface area contributed by atoms with Gasteiger partial charge in [-0.25, -0.2) is 0 Å². The Kier molecular flexibility index (Phi) is 4.84. The first-order chi connectivity index (χ1) is 9.11. The number of aryl methyl sites for hydroxylation is 1. The van der Waals surface area contributed by atoms with Crippen molar-refractivity contribution in [3.05, 3.63) is 28.2 Å². The van der Waals surface area contributed by atoms with Crippen LogP contribution in [0.15, 0.2) is 22.7 Å². The molecule has 19 heavy (non-hydrogen) atoms. The Labute approximate surface area is 123 Å². The second-order valence-electron chi connectivity index (χ2n) is 5.25. The first-order valence-corrected chi connectivity index (χ1v) is 7.49. The zero-order chi connectivity index (χ0) is 13.8. The molecule has 3 nitrogen and oxygen atoms in total. The Hall–Kier alpha value is -1.05. The summed E-state index contributed by atoms with van der Waals surface area (Å²) in [5.41, 5.74) is 2.56. The van der Waals surface area contributed by atoms with E-state index in [1.165, 1.54) is 24.1 Å². The minimum absolute atomic E-state index is 0.484. The zero-order valence-corrected chi connectivity index (χ0v) is 13.2. The molecule has 0 aromatic heterocycles. The van der Waals surface area contributed by atoms with Gasteiger partial charge in [0.25, 0.3) is 0 Å². The summed E-state index contributed by atoms with van der Waals surface area (Å²) in [7, 11) is 2.05. The summed E-state index contributed by atoms with van der Waals surface area (Å²) in [5, 5.41) is 8.81. The number of benzene rings is 1. The second-order valence-corrected chi connectivity index (χ2v) is 6.10. The molecule has 0 spiro atoms. The normalized spacial score (nSPS) is 19.5. The van der Waals surface area contributed by atoms with Crippen LogP contribution in [0.2, 0.25) is 0 Å². The standard InChI is InChI=1S/C15H20BrN3/c1-12-10-13(5-6-15(12)16)19-8-3-4-14(11-19)18(2)9-7-17/h5-6,10,14H,3-4,8-9,11H2,1-2H3. The van der Waals surface area contributed by atoms with Gasteiger partial charge in [-0.15, -0.1) is 0 Å². The number of anilines is 1. The number of hydrogen-bond acceptors (Lipinski definition) is 3. The van der Waals surface area contributed by atoms with Crippen LogP contribution in [0.5, 0.6) is 0 Å². The molecule has 0 aliphatic carbocycles. The number of likely N-dealkylation sites (N-methyl/N-ethyl adjacent to an activating group) is 1. The molecule has 0 N–H and O–H groups in total. The lowest BCUT2D eigenvalue weighted by Crippen LogP contribution is -2.46. The van der Waals surface area contributed by atoms with Crippen molar-refractivity contribution in [1.82, 2.24) is 4.90 Å². The van der Waals surface area contributed by atoms with Gasteiger partial charge in [0, 0.05) is 29.3 Å². The van der Waals surface area contributed by atoms with Gasteiger partial charge in [-0.2, -0.15) is 5.26 Å². The molecule has 1 unspecified atom stereocenters. The van der Waals surface area contributed by atoms with Crippen molar-refractivity contribution in [2.45, 2.75) is 25.8 Å². The summed E-state index contributed by atoms with van der Waals surface area (Å²) in [4.78, 5) is 4.60. The van der Waals surface area contributed by atoms with Crippen LogP contribution in [0.1, 0.15) is 18.4 Å². The predicted molar refractivity (Wildman–Crippen MR) is 82.4 cm³/mol. The first kappa shape index (κ1) is 14.4. The largest absolute Gasteiger partial charge is 0.370 e. The third-order valence-electron chi connectivity index (χ3n) is 3.85. The van der Waals surface area contributed by atoms with Crippen molar-refractivity contribution in [3.63, 3.8) is 0 Å². The van der Waals surface area contributed by atoms with Gasteiger partial charge in [-0.1, -0.05) is 15.9 Å². The van der Waals surface area contributed by atoms with Crippen molar-refractivity contribution in [2.75, 3.05) is 31.6 Å². The summed E-state index contributed by atoms with van der Waals surface area (Å²) in [6, 6.07) is 9.24. The van der Waals surface area contributed by atoms with Crippen LogP contribution in [0, 0.1) is 18.3 Å². The number of piperidine rings is 1. The van der Waals surface area contributed by atoms with Gasteiger partial charge in [0.2, 0.25) is 0 Å². The molecule has 0 amide bonds. The summed E-state index contributed by atoms with van der Waals surface area (Å²) in [5.74, 6) is 0. The molecule has 2 rings (SSSR count). The topological polar surface area (TPSA) is 30.3 Å². The van der Waals surface area contributed by atoms with Gasteiger partial charge in [0.1, 0.15) is 0 Å². The monoisotopic (exact) mass is 321 g/mol. The Morgan fingerprint density at radius 2 is 2.32 bits per heavy atom. The van der Waals surface area contributed by atoms with Crippen molar-refractivity contribution in [3.8, 4) is 6.07 Å². The van der Waals surface area contributed by atoms with Crippen LogP contribution in [0.4, 0.5) is 5.69 Å². The van der Waals surface area contributed by atoms with Crippen LogP contribution in [0.3, 0.4) is 0 Å². The third-order valence-corrected chi connectivity index (χ3v) is 4.74. The van der Waals surface area contributed by atoms with Crippen molar-refractivity contribution < 1.29 is 0 Å². The number of halogens is 1. The molecular formula is C15H20BrN3. The minimum atomic E-state index is 0.484. The lowest BCUT2D eigenvalue weighted by Gasteiger charge is -2.38. The molecule has 1 saturated heterocycles. The third kappa shape index (κ3) is 3.49. The fourth-order valence-corrected chi connectivity index (χ4v) is 2.86. The van der Waals surface area contributed by atoms with Gasteiger partial charge in [0.05, 0.1) is 12.6 Å². The highest BCUT2D eigenvalue weighted by molar-refractivity contribution is 9.10. The number of nitrogens with zero attached hydrogens (tertiary/aromatic N) is 3. The van der Waals surface area contributed by atoms with Gasteiger partial charge in [-0.05, 0) is 50.6 Å². The fraction of sp³-hybridized carbons (Fsp3) is 0.533. The molecule has 0 saturated carbocycles. The SMILES string of the molecule is Cc1cc(N2CCCC(N(C)CC#N)C2)ccc1Br. The van der Waals surface area contributed by atoms with Crippen molar-refractivity contribution >= 4 is 21.6 Å². The van der Waals surface area contributed by atoms with E-state index in [1.54, 1.807) is 0 Å². The molecule has 0 radical (unpaired) electrons. The fourth-order valence-electron chi connectivity index (χ4n) is 2.62. The summed E-state index contributed by atoms with van der Waals surface area (Å²) in [6.07, 6.45) is 2.37. The molecule has 102 valence electrons. The molecule has 1 aliphatic heterocycles. The van der Waals surface area contributed by atoms with Gasteiger partial charge in [-0.3, -0.25) is 4.90 Å². The number of rotatable bonds is 3. The van der Waals surface area contributed by atoms with E-state index in [0.29, 0.717) is 12.6 Å². The van der Waals surface area contributed by atoms with Crippen molar-refractivity contribution in [2.24, 2.45) is 0 Å². The Bertz CT molecular complexity index is 481. The van der Waals surface area contributed by atoms with Crippen LogP contribution in [-0.4, -0.2) is 37.6 Å². The van der Waals surface area contributed by atoms with E-state index in [4.69, 9.17) is 5.26 Å². The van der Waals surface area contributed by atoms with E-state index in [-0.39, 0.29) is 0 Å². The van der Waals surface area contributed by atoms with Crippen LogP contribution < -0.4 is 4.90 Å². The first-order valence-electron chi connectivity index (χ1n) is 6.70. The average Bonchev–Trinajstić information content (AvgIpc) is 2.42. The lowest BCUT2D eigenvalue weighted by atomic mass is 10.0. The Morgan fingerprint density at radius 3 is 3.00 bits per heavy atom. The summed E-state index contributed by atoms with van der Waals surface area (Å²) < 4.78 is 1.16. The van der Waals surface area contributed by atoms with Crippen LogP contribution in [-0.2, 0) is 0 Å². The average molecular weight is 322 g/mol. The molecule has 1 fully saturated rings. The lowest BCUT2D eigenvalue weighted by molar-refractivity contribution is 0.238. The maximum absolute atomic E-state index is 8.81. The van der Waals surface area contributed by atoms with Crippen LogP contribution in [0.25, 0.3) is 0 Å². The molecule has 0 bridgehead atoms.